The van der Waals surface area contributed by atoms with E-state index in [1.807, 2.05) is 24.5 Å². The Kier molecular flexibility index (Phi) is 5.60. The number of nitrogens with zero attached hydrogens (tertiary/aromatic N) is 7. The molecule has 188 valence electrons. The van der Waals surface area contributed by atoms with Crippen molar-refractivity contribution < 1.29 is 0 Å². The Labute approximate surface area is 217 Å². The van der Waals surface area contributed by atoms with Crippen LogP contribution in [0.15, 0.2) is 42.7 Å². The van der Waals surface area contributed by atoms with E-state index in [-0.39, 0.29) is 0 Å². The Morgan fingerprint density at radius 2 is 1.35 bits per heavy atom. The van der Waals surface area contributed by atoms with Crippen LogP contribution in [0, 0.1) is 0 Å². The minimum absolute atomic E-state index is 0.445. The maximum atomic E-state index is 6.64. The molecule has 6 heterocycles. The highest BCUT2D eigenvalue weighted by atomic mass is 15.2. The van der Waals surface area contributed by atoms with E-state index in [2.05, 4.69) is 33.0 Å². The molecule has 3 aliphatic rings. The number of nitrogens with two attached hydrogens (primary N) is 1. The number of aromatic nitrogens is 5. The van der Waals surface area contributed by atoms with E-state index >= 15 is 0 Å². The standard InChI is InChI=1S/C29H32N8/c30-27-26-22(19-6-2-1-3-7-19)16-23(20-8-10-24(31-17-20)36-12-4-13-36)33-29(26)35-28(34-27)21-9-11-25(32-18-21)37-14-5-15-37/h8-11,16-19H,1-7,12-15H2,(H2,30,33,34,35). The van der Waals surface area contributed by atoms with Crippen LogP contribution in [0.4, 0.5) is 17.5 Å². The smallest absolute Gasteiger partial charge is 0.166 e. The zero-order valence-corrected chi connectivity index (χ0v) is 21.1. The molecule has 2 N–H and O–H groups in total. The number of nitrogen functional groups attached to an aromatic ring is 1. The van der Waals surface area contributed by atoms with Crippen molar-refractivity contribution in [3.8, 4) is 22.6 Å². The highest BCUT2D eigenvalue weighted by Gasteiger charge is 2.24. The first-order valence-corrected chi connectivity index (χ1v) is 13.6. The summed E-state index contributed by atoms with van der Waals surface area (Å²) in [5.41, 5.74) is 11.3. The summed E-state index contributed by atoms with van der Waals surface area (Å²) in [6, 6.07) is 10.5. The minimum Gasteiger partial charge on any atom is -0.383 e. The maximum Gasteiger partial charge on any atom is 0.166 e. The molecular weight excluding hydrogens is 460 g/mol. The van der Waals surface area contributed by atoms with E-state index in [9.17, 15) is 0 Å². The van der Waals surface area contributed by atoms with Crippen molar-refractivity contribution in [2.75, 3.05) is 41.7 Å². The Bertz CT molecular complexity index is 1410. The molecule has 0 radical (unpaired) electrons. The second-order valence-electron chi connectivity index (χ2n) is 10.6. The Morgan fingerprint density at radius 1 is 0.703 bits per heavy atom. The zero-order chi connectivity index (χ0) is 24.8. The lowest BCUT2D eigenvalue weighted by Crippen LogP contribution is -2.37. The molecule has 37 heavy (non-hydrogen) atoms. The number of anilines is 3. The van der Waals surface area contributed by atoms with Crippen molar-refractivity contribution >= 4 is 28.5 Å². The van der Waals surface area contributed by atoms with Crippen LogP contribution in [-0.2, 0) is 0 Å². The fourth-order valence-electron chi connectivity index (χ4n) is 5.72. The van der Waals surface area contributed by atoms with Crippen molar-refractivity contribution in [2.24, 2.45) is 0 Å². The second kappa shape index (κ2) is 9.25. The summed E-state index contributed by atoms with van der Waals surface area (Å²) >= 11 is 0. The third-order valence-corrected chi connectivity index (χ3v) is 8.18. The Morgan fingerprint density at radius 3 is 1.92 bits per heavy atom. The van der Waals surface area contributed by atoms with Gasteiger partial charge in [0.05, 0.1) is 11.1 Å². The molecular formula is C29H32N8. The molecule has 0 spiro atoms. The fourth-order valence-corrected chi connectivity index (χ4v) is 5.72. The summed E-state index contributed by atoms with van der Waals surface area (Å²) in [6.07, 6.45) is 12.3. The van der Waals surface area contributed by atoms with Crippen LogP contribution in [0.2, 0.25) is 0 Å². The van der Waals surface area contributed by atoms with Crippen LogP contribution in [0.25, 0.3) is 33.7 Å². The molecule has 0 amide bonds. The van der Waals surface area contributed by atoms with Crippen molar-refractivity contribution in [1.82, 2.24) is 24.9 Å². The average molecular weight is 493 g/mol. The molecule has 7 rings (SSSR count). The lowest BCUT2D eigenvalue weighted by molar-refractivity contribution is 0.445. The minimum atomic E-state index is 0.445. The second-order valence-corrected chi connectivity index (χ2v) is 10.6. The van der Waals surface area contributed by atoms with E-state index in [0.717, 1.165) is 72.9 Å². The molecule has 1 saturated carbocycles. The molecule has 0 unspecified atom stereocenters. The van der Waals surface area contributed by atoms with Gasteiger partial charge in [-0.3, -0.25) is 0 Å². The summed E-state index contributed by atoms with van der Waals surface area (Å²) in [5.74, 6) is 3.54. The van der Waals surface area contributed by atoms with E-state index < -0.39 is 0 Å². The summed E-state index contributed by atoms with van der Waals surface area (Å²) in [5, 5.41) is 0.898. The van der Waals surface area contributed by atoms with Gasteiger partial charge in [-0.05, 0) is 67.5 Å². The Hall–Kier alpha value is -3.81. The lowest BCUT2D eigenvalue weighted by atomic mass is 9.82. The average Bonchev–Trinajstić information content (AvgIpc) is 2.87. The van der Waals surface area contributed by atoms with Crippen LogP contribution in [0.3, 0.4) is 0 Å². The van der Waals surface area contributed by atoms with Gasteiger partial charge in [-0.1, -0.05) is 19.3 Å². The first-order valence-electron chi connectivity index (χ1n) is 13.6. The molecule has 2 aliphatic heterocycles. The quantitative estimate of drug-likeness (QED) is 0.406. The molecule has 8 heteroatoms. The van der Waals surface area contributed by atoms with Gasteiger partial charge in [0.2, 0.25) is 0 Å². The van der Waals surface area contributed by atoms with Crippen molar-refractivity contribution in [3.05, 3.63) is 48.3 Å². The lowest BCUT2D eigenvalue weighted by Gasteiger charge is -2.32. The van der Waals surface area contributed by atoms with E-state index in [1.54, 1.807) is 0 Å². The molecule has 2 saturated heterocycles. The summed E-state index contributed by atoms with van der Waals surface area (Å²) < 4.78 is 0. The highest BCUT2D eigenvalue weighted by molar-refractivity contribution is 5.92. The van der Waals surface area contributed by atoms with Gasteiger partial charge in [0, 0.05) is 49.7 Å². The monoisotopic (exact) mass is 492 g/mol. The maximum absolute atomic E-state index is 6.64. The van der Waals surface area contributed by atoms with Gasteiger partial charge in [0.25, 0.3) is 0 Å². The molecule has 0 bridgehead atoms. The number of rotatable bonds is 5. The highest BCUT2D eigenvalue weighted by Crippen LogP contribution is 2.39. The normalized spacial score (nSPS) is 18.1. The largest absolute Gasteiger partial charge is 0.383 e. The SMILES string of the molecule is Nc1nc(-c2ccc(N3CCC3)nc2)nc2nc(-c3ccc(N4CCC4)nc3)cc(C3CCCCC3)c12. The van der Waals surface area contributed by atoms with E-state index in [4.69, 9.17) is 25.7 Å². The van der Waals surface area contributed by atoms with Crippen molar-refractivity contribution in [2.45, 2.75) is 50.9 Å². The van der Waals surface area contributed by atoms with Gasteiger partial charge in [0.1, 0.15) is 17.5 Å². The van der Waals surface area contributed by atoms with E-state index in [1.165, 1.54) is 37.7 Å². The molecule has 3 fully saturated rings. The first kappa shape index (κ1) is 22.4. The van der Waals surface area contributed by atoms with Gasteiger partial charge < -0.3 is 15.5 Å². The molecule has 8 nitrogen and oxygen atoms in total. The van der Waals surface area contributed by atoms with Crippen LogP contribution in [0.1, 0.15) is 56.4 Å². The first-order chi connectivity index (χ1) is 18.2. The third kappa shape index (κ3) is 4.14. The summed E-state index contributed by atoms with van der Waals surface area (Å²) in [6.45, 7) is 4.30. The topological polar surface area (TPSA) is 97.0 Å². The van der Waals surface area contributed by atoms with Gasteiger partial charge in [-0.2, -0.15) is 0 Å². The van der Waals surface area contributed by atoms with Gasteiger partial charge >= 0.3 is 0 Å². The Balaban J connectivity index is 1.32. The summed E-state index contributed by atoms with van der Waals surface area (Å²) in [7, 11) is 0. The number of pyridine rings is 3. The van der Waals surface area contributed by atoms with Gasteiger partial charge in [-0.15, -0.1) is 0 Å². The predicted octanol–water partition coefficient (Wildman–Crippen LogP) is 5.20. The third-order valence-electron chi connectivity index (χ3n) is 8.18. The number of hydrogen-bond acceptors (Lipinski definition) is 8. The van der Waals surface area contributed by atoms with Crippen LogP contribution >= 0.6 is 0 Å². The molecule has 4 aromatic heterocycles. The fraction of sp³-hybridized carbons (Fsp3) is 0.414. The van der Waals surface area contributed by atoms with Gasteiger partial charge in [-0.25, -0.2) is 24.9 Å². The van der Waals surface area contributed by atoms with Crippen molar-refractivity contribution in [3.63, 3.8) is 0 Å². The zero-order valence-electron chi connectivity index (χ0n) is 21.1. The van der Waals surface area contributed by atoms with Crippen LogP contribution in [0.5, 0.6) is 0 Å². The molecule has 4 aromatic rings. The number of fused-ring (bicyclic) bond motifs is 1. The summed E-state index contributed by atoms with van der Waals surface area (Å²) in [4.78, 5) is 28.6. The van der Waals surface area contributed by atoms with E-state index in [0.29, 0.717) is 23.2 Å². The van der Waals surface area contributed by atoms with Gasteiger partial charge in [0.15, 0.2) is 11.5 Å². The predicted molar refractivity (Wildman–Crippen MR) is 148 cm³/mol. The molecule has 1 aliphatic carbocycles. The van der Waals surface area contributed by atoms with Crippen LogP contribution in [-0.4, -0.2) is 51.1 Å². The van der Waals surface area contributed by atoms with Crippen LogP contribution < -0.4 is 15.5 Å². The molecule has 0 aromatic carbocycles. The van der Waals surface area contributed by atoms with Crippen molar-refractivity contribution in [1.29, 1.82) is 0 Å². The molecule has 0 atom stereocenters. The number of hydrogen-bond donors (Lipinski definition) is 1.